The average molecular weight is 288 g/mol. The van der Waals surface area contributed by atoms with Crippen LogP contribution >= 0.6 is 0 Å². The molecule has 1 saturated carbocycles. The molecule has 1 aliphatic carbocycles. The summed E-state index contributed by atoms with van der Waals surface area (Å²) in [6.45, 7) is 0. The molecule has 7 heteroatoms. The number of anilines is 1. The van der Waals surface area contributed by atoms with Crippen molar-refractivity contribution >= 4 is 17.3 Å². The van der Waals surface area contributed by atoms with Crippen LogP contribution in [0.4, 0.5) is 11.4 Å². The molecule has 110 valence electrons. The van der Waals surface area contributed by atoms with Gasteiger partial charge >= 0.3 is 0 Å². The molecule has 7 nitrogen and oxygen atoms in total. The molecular formula is C14H16N4O3. The second kappa shape index (κ2) is 6.33. The van der Waals surface area contributed by atoms with Crippen molar-refractivity contribution in [2.24, 2.45) is 11.7 Å². The standard InChI is InChI=1S/C14H16N4O3/c15-8-9-1-6-12(13(7-9)18(20)21)17-14(19)10-2-4-11(16)5-3-10/h1,6-7,10-11H,2-5,16H2,(H,17,19). The van der Waals surface area contributed by atoms with Gasteiger partial charge in [0.2, 0.25) is 5.91 Å². The van der Waals surface area contributed by atoms with E-state index in [1.165, 1.54) is 12.1 Å². The molecule has 1 amide bonds. The highest BCUT2D eigenvalue weighted by molar-refractivity contribution is 5.94. The van der Waals surface area contributed by atoms with Crippen molar-refractivity contribution in [3.63, 3.8) is 0 Å². The summed E-state index contributed by atoms with van der Waals surface area (Å²) in [6.07, 6.45) is 2.95. The number of nitrogens with one attached hydrogen (secondary N) is 1. The summed E-state index contributed by atoms with van der Waals surface area (Å²) in [5.41, 5.74) is 5.83. The van der Waals surface area contributed by atoms with Crippen molar-refractivity contribution in [3.05, 3.63) is 33.9 Å². The summed E-state index contributed by atoms with van der Waals surface area (Å²) in [5.74, 6) is -0.394. The quantitative estimate of drug-likeness (QED) is 0.649. The van der Waals surface area contributed by atoms with Crippen LogP contribution < -0.4 is 11.1 Å². The van der Waals surface area contributed by atoms with E-state index in [-0.39, 0.29) is 34.8 Å². The van der Waals surface area contributed by atoms with Crippen LogP contribution in [-0.2, 0) is 4.79 Å². The van der Waals surface area contributed by atoms with Crippen LogP contribution in [0.25, 0.3) is 0 Å². The highest BCUT2D eigenvalue weighted by atomic mass is 16.6. The molecule has 0 aromatic heterocycles. The Labute approximate surface area is 121 Å². The molecule has 1 aliphatic rings. The van der Waals surface area contributed by atoms with Crippen molar-refractivity contribution in [2.45, 2.75) is 31.7 Å². The summed E-state index contributed by atoms with van der Waals surface area (Å²) in [4.78, 5) is 22.6. The van der Waals surface area contributed by atoms with Crippen molar-refractivity contribution in [2.75, 3.05) is 5.32 Å². The van der Waals surface area contributed by atoms with E-state index in [0.717, 1.165) is 18.9 Å². The van der Waals surface area contributed by atoms with Crippen LogP contribution in [0.1, 0.15) is 31.2 Å². The molecule has 0 heterocycles. The third-order valence-corrected chi connectivity index (χ3v) is 3.72. The normalized spacial score (nSPS) is 21.3. The molecule has 0 bridgehead atoms. The predicted octanol–water partition coefficient (Wildman–Crippen LogP) is 1.92. The number of nitrogens with zero attached hydrogens (tertiary/aromatic N) is 2. The van der Waals surface area contributed by atoms with E-state index in [1.807, 2.05) is 6.07 Å². The van der Waals surface area contributed by atoms with E-state index in [1.54, 1.807) is 0 Å². The topological polar surface area (TPSA) is 122 Å². The Morgan fingerprint density at radius 3 is 2.62 bits per heavy atom. The molecule has 1 aromatic carbocycles. The number of carbonyl (C=O) groups is 1. The van der Waals surface area contributed by atoms with E-state index in [4.69, 9.17) is 11.0 Å². The van der Waals surface area contributed by atoms with E-state index in [9.17, 15) is 14.9 Å². The molecule has 0 radical (unpaired) electrons. The highest BCUT2D eigenvalue weighted by Gasteiger charge is 2.26. The third kappa shape index (κ3) is 3.55. The molecule has 21 heavy (non-hydrogen) atoms. The van der Waals surface area contributed by atoms with Gasteiger partial charge in [-0.25, -0.2) is 0 Å². The van der Waals surface area contributed by atoms with Crippen LogP contribution in [0.2, 0.25) is 0 Å². The molecule has 1 aromatic rings. The first kappa shape index (κ1) is 14.9. The van der Waals surface area contributed by atoms with Gasteiger partial charge in [0.05, 0.1) is 16.6 Å². The first-order valence-corrected chi connectivity index (χ1v) is 6.76. The number of benzene rings is 1. The van der Waals surface area contributed by atoms with Gasteiger partial charge in [0.25, 0.3) is 5.69 Å². The number of hydrogen-bond acceptors (Lipinski definition) is 5. The van der Waals surface area contributed by atoms with E-state index < -0.39 is 4.92 Å². The molecule has 0 saturated heterocycles. The molecule has 0 spiro atoms. The largest absolute Gasteiger partial charge is 0.328 e. The van der Waals surface area contributed by atoms with Crippen LogP contribution in [0, 0.1) is 27.4 Å². The molecule has 3 N–H and O–H groups in total. The summed E-state index contributed by atoms with van der Waals surface area (Å²) in [7, 11) is 0. The number of nitro benzene ring substituents is 1. The number of nitriles is 1. The monoisotopic (exact) mass is 288 g/mol. The number of nitrogens with two attached hydrogens (primary N) is 1. The van der Waals surface area contributed by atoms with Gasteiger partial charge in [-0.2, -0.15) is 5.26 Å². The predicted molar refractivity (Wildman–Crippen MR) is 76.4 cm³/mol. The minimum atomic E-state index is -0.604. The molecule has 1 fully saturated rings. The maximum Gasteiger partial charge on any atom is 0.294 e. The zero-order chi connectivity index (χ0) is 15.4. The smallest absolute Gasteiger partial charge is 0.294 e. The van der Waals surface area contributed by atoms with Crippen molar-refractivity contribution < 1.29 is 9.72 Å². The number of hydrogen-bond donors (Lipinski definition) is 2. The number of carbonyl (C=O) groups excluding carboxylic acids is 1. The Bertz CT molecular complexity index is 601. The maximum atomic E-state index is 12.2. The van der Waals surface area contributed by atoms with Gasteiger partial charge < -0.3 is 11.1 Å². The third-order valence-electron chi connectivity index (χ3n) is 3.72. The SMILES string of the molecule is N#Cc1ccc(NC(=O)C2CCC(N)CC2)c([N+](=O)[O-])c1. The highest BCUT2D eigenvalue weighted by Crippen LogP contribution is 2.28. The average Bonchev–Trinajstić information content (AvgIpc) is 2.48. The Morgan fingerprint density at radius 1 is 1.38 bits per heavy atom. The van der Waals surface area contributed by atoms with Crippen LogP contribution in [0.5, 0.6) is 0 Å². The van der Waals surface area contributed by atoms with Gasteiger partial charge in [-0.3, -0.25) is 14.9 Å². The first-order chi connectivity index (χ1) is 10.0. The van der Waals surface area contributed by atoms with E-state index >= 15 is 0 Å². The van der Waals surface area contributed by atoms with Gasteiger partial charge in [0.1, 0.15) is 5.69 Å². The molecule has 0 atom stereocenters. The van der Waals surface area contributed by atoms with Crippen LogP contribution in [0.3, 0.4) is 0 Å². The van der Waals surface area contributed by atoms with Crippen LogP contribution in [0.15, 0.2) is 18.2 Å². The Balaban J connectivity index is 2.14. The lowest BCUT2D eigenvalue weighted by Gasteiger charge is -2.25. The zero-order valence-corrected chi connectivity index (χ0v) is 11.4. The second-order valence-corrected chi connectivity index (χ2v) is 5.20. The van der Waals surface area contributed by atoms with E-state index in [0.29, 0.717) is 12.8 Å². The van der Waals surface area contributed by atoms with Gasteiger partial charge in [0.15, 0.2) is 0 Å². The van der Waals surface area contributed by atoms with Crippen molar-refractivity contribution in [1.82, 2.24) is 0 Å². The summed E-state index contributed by atoms with van der Waals surface area (Å²) < 4.78 is 0. The number of nitro groups is 1. The van der Waals surface area contributed by atoms with Gasteiger partial charge in [-0.1, -0.05) is 0 Å². The fourth-order valence-electron chi connectivity index (χ4n) is 2.47. The lowest BCUT2D eigenvalue weighted by molar-refractivity contribution is -0.384. The minimum Gasteiger partial charge on any atom is -0.328 e. The summed E-state index contributed by atoms with van der Waals surface area (Å²) >= 11 is 0. The van der Waals surface area contributed by atoms with Crippen molar-refractivity contribution in [3.8, 4) is 6.07 Å². The van der Waals surface area contributed by atoms with E-state index in [2.05, 4.69) is 5.32 Å². The molecule has 0 unspecified atom stereocenters. The zero-order valence-electron chi connectivity index (χ0n) is 11.4. The van der Waals surface area contributed by atoms with Gasteiger partial charge in [0, 0.05) is 18.0 Å². The summed E-state index contributed by atoms with van der Waals surface area (Å²) in [6, 6.07) is 5.97. The Kier molecular flexibility index (Phi) is 4.50. The Hall–Kier alpha value is -2.46. The summed E-state index contributed by atoms with van der Waals surface area (Å²) in [5, 5.41) is 22.4. The Morgan fingerprint density at radius 2 is 2.05 bits per heavy atom. The molecule has 2 rings (SSSR count). The van der Waals surface area contributed by atoms with Crippen LogP contribution in [-0.4, -0.2) is 16.9 Å². The number of rotatable bonds is 3. The van der Waals surface area contributed by atoms with Crippen molar-refractivity contribution in [1.29, 1.82) is 5.26 Å². The second-order valence-electron chi connectivity index (χ2n) is 5.20. The maximum absolute atomic E-state index is 12.2. The fourth-order valence-corrected chi connectivity index (χ4v) is 2.47. The number of amides is 1. The lowest BCUT2D eigenvalue weighted by atomic mass is 9.86. The molecular weight excluding hydrogens is 272 g/mol. The van der Waals surface area contributed by atoms with Gasteiger partial charge in [-0.05, 0) is 37.8 Å². The fraction of sp³-hybridized carbons (Fsp3) is 0.429. The lowest BCUT2D eigenvalue weighted by Crippen LogP contribution is -2.32. The first-order valence-electron chi connectivity index (χ1n) is 6.76. The molecule has 0 aliphatic heterocycles. The van der Waals surface area contributed by atoms with Gasteiger partial charge in [-0.15, -0.1) is 0 Å². The minimum absolute atomic E-state index is 0.124.